The van der Waals surface area contributed by atoms with Crippen molar-refractivity contribution in [1.82, 2.24) is 0 Å². The monoisotopic (exact) mass is 363 g/mol. The molecule has 0 fully saturated rings. The summed E-state index contributed by atoms with van der Waals surface area (Å²) in [4.78, 5) is 31.6. The van der Waals surface area contributed by atoms with E-state index < -0.39 is 37.4 Å². The fourth-order valence-electron chi connectivity index (χ4n) is 1.68. The Labute approximate surface area is 136 Å². The summed E-state index contributed by atoms with van der Waals surface area (Å²) in [5, 5.41) is 27.2. The molecule has 1 aromatic rings. The second-order valence-corrected chi connectivity index (χ2v) is 8.33. The molecular formula is C13H18NO7PS. The zero-order valence-electron chi connectivity index (χ0n) is 12.0. The van der Waals surface area contributed by atoms with Crippen LogP contribution < -0.4 is 5.73 Å². The Bertz CT molecular complexity index is 607. The number of aliphatic hydroxyl groups excluding tert-OH is 1. The molecule has 128 valence electrons. The van der Waals surface area contributed by atoms with Crippen LogP contribution >= 0.6 is 19.1 Å². The van der Waals surface area contributed by atoms with Gasteiger partial charge >= 0.3 is 11.9 Å². The Morgan fingerprint density at radius 2 is 1.78 bits per heavy atom. The van der Waals surface area contributed by atoms with Gasteiger partial charge in [0.25, 0.3) is 0 Å². The standard InChI is InChI=1S/C13H18NO7PS/c14-10(12(17)18)5-6-22(20,21)13(19)8-1-3-9(4-2-8)23-7-11(15)16/h1-4,10,13,19H,5-7,14H2,(H,15,16)(H,17,18)(H,20,21)/t10-,13?/m1/s1. The Morgan fingerprint density at radius 1 is 1.22 bits per heavy atom. The van der Waals surface area contributed by atoms with Gasteiger partial charge in [-0.2, -0.15) is 0 Å². The molecule has 0 radical (unpaired) electrons. The third-order valence-electron chi connectivity index (χ3n) is 3.00. The van der Waals surface area contributed by atoms with Crippen molar-refractivity contribution in [2.45, 2.75) is 23.2 Å². The van der Waals surface area contributed by atoms with Crippen LogP contribution in [0, 0.1) is 0 Å². The first kappa shape index (κ1) is 19.7. The predicted octanol–water partition coefficient (Wildman–Crippen LogP) is 0.927. The molecule has 0 amide bonds. The van der Waals surface area contributed by atoms with Gasteiger partial charge in [-0.1, -0.05) is 12.1 Å². The second kappa shape index (κ2) is 8.47. The van der Waals surface area contributed by atoms with Crippen molar-refractivity contribution >= 4 is 31.1 Å². The van der Waals surface area contributed by atoms with E-state index in [1.165, 1.54) is 24.3 Å². The van der Waals surface area contributed by atoms with E-state index in [0.29, 0.717) is 4.90 Å². The quantitative estimate of drug-likeness (QED) is 0.318. The minimum atomic E-state index is -4.03. The molecule has 8 nitrogen and oxygen atoms in total. The molecule has 3 atom stereocenters. The molecule has 0 bridgehead atoms. The fourth-order valence-corrected chi connectivity index (χ4v) is 3.83. The summed E-state index contributed by atoms with van der Waals surface area (Å²) in [6.07, 6.45) is -0.649. The van der Waals surface area contributed by atoms with E-state index >= 15 is 0 Å². The van der Waals surface area contributed by atoms with E-state index in [2.05, 4.69) is 0 Å². The number of carboxylic acid groups (broad SMARTS) is 2. The zero-order chi connectivity index (χ0) is 17.6. The molecule has 0 saturated carbocycles. The summed E-state index contributed by atoms with van der Waals surface area (Å²) < 4.78 is 12.1. The lowest BCUT2D eigenvalue weighted by Crippen LogP contribution is -2.31. The highest BCUT2D eigenvalue weighted by atomic mass is 32.2. The Kier molecular flexibility index (Phi) is 7.24. The molecule has 0 aliphatic rings. The van der Waals surface area contributed by atoms with Crippen LogP contribution in [0.2, 0.25) is 0 Å². The van der Waals surface area contributed by atoms with Crippen LogP contribution in [0.4, 0.5) is 0 Å². The summed E-state index contributed by atoms with van der Waals surface area (Å²) in [5.74, 6) is -4.01. The molecule has 0 aliphatic heterocycles. The molecule has 0 aliphatic carbocycles. The van der Waals surface area contributed by atoms with Gasteiger partial charge in [-0.3, -0.25) is 14.2 Å². The molecule has 0 spiro atoms. The van der Waals surface area contributed by atoms with Crippen LogP contribution in [-0.2, 0) is 14.2 Å². The average molecular weight is 363 g/mol. The van der Waals surface area contributed by atoms with Crippen LogP contribution in [-0.4, -0.2) is 50.1 Å². The van der Waals surface area contributed by atoms with Crippen molar-refractivity contribution in [2.24, 2.45) is 5.73 Å². The number of carbonyl (C=O) groups is 2. The molecule has 0 heterocycles. The summed E-state index contributed by atoms with van der Waals surface area (Å²) in [7, 11) is -4.03. The maximum absolute atomic E-state index is 12.1. The van der Waals surface area contributed by atoms with Crippen LogP contribution in [0.5, 0.6) is 0 Å². The summed E-state index contributed by atoms with van der Waals surface area (Å²) in [6.45, 7) is 0. The number of nitrogens with two attached hydrogens (primary N) is 1. The number of aliphatic carboxylic acids is 2. The van der Waals surface area contributed by atoms with Gasteiger partial charge in [-0.15, -0.1) is 11.8 Å². The molecule has 6 N–H and O–H groups in total. The van der Waals surface area contributed by atoms with Gasteiger partial charge in [0, 0.05) is 11.1 Å². The third kappa shape index (κ3) is 6.32. The van der Waals surface area contributed by atoms with Crippen molar-refractivity contribution in [3.63, 3.8) is 0 Å². The molecule has 2 unspecified atom stereocenters. The molecule has 10 heteroatoms. The van der Waals surface area contributed by atoms with Crippen molar-refractivity contribution in [2.75, 3.05) is 11.9 Å². The summed E-state index contributed by atoms with van der Waals surface area (Å²) in [6, 6.07) is 4.66. The minimum Gasteiger partial charge on any atom is -0.481 e. The smallest absolute Gasteiger partial charge is 0.320 e. The highest BCUT2D eigenvalue weighted by molar-refractivity contribution is 8.00. The maximum Gasteiger partial charge on any atom is 0.320 e. The normalized spacial score (nSPS) is 16.3. The number of rotatable bonds is 9. The lowest BCUT2D eigenvalue weighted by molar-refractivity contribution is -0.138. The highest BCUT2D eigenvalue weighted by Crippen LogP contribution is 2.54. The van der Waals surface area contributed by atoms with Gasteiger partial charge in [0.1, 0.15) is 6.04 Å². The maximum atomic E-state index is 12.1. The molecular weight excluding hydrogens is 345 g/mol. The van der Waals surface area contributed by atoms with Gasteiger partial charge in [-0.25, -0.2) is 0 Å². The largest absolute Gasteiger partial charge is 0.481 e. The SMILES string of the molecule is N[C@H](CCP(=O)(O)C(O)c1ccc(SCC(=O)O)cc1)C(=O)O. The third-order valence-corrected chi connectivity index (χ3v) is 5.96. The van der Waals surface area contributed by atoms with E-state index in [4.69, 9.17) is 15.9 Å². The summed E-state index contributed by atoms with van der Waals surface area (Å²) >= 11 is 1.08. The molecule has 0 aromatic heterocycles. The molecule has 1 aromatic carbocycles. The highest BCUT2D eigenvalue weighted by Gasteiger charge is 2.31. The van der Waals surface area contributed by atoms with Crippen molar-refractivity contribution < 1.29 is 34.4 Å². The lowest BCUT2D eigenvalue weighted by Gasteiger charge is -2.19. The van der Waals surface area contributed by atoms with Crippen molar-refractivity contribution in [3.05, 3.63) is 29.8 Å². The second-order valence-electron chi connectivity index (χ2n) is 4.84. The number of carboxylic acids is 2. The molecule has 23 heavy (non-hydrogen) atoms. The van der Waals surface area contributed by atoms with Crippen molar-refractivity contribution in [3.8, 4) is 0 Å². The average Bonchev–Trinajstić information content (AvgIpc) is 2.50. The minimum absolute atomic E-state index is 0.118. The first-order chi connectivity index (χ1) is 10.6. The van der Waals surface area contributed by atoms with Gasteiger partial charge < -0.3 is 25.9 Å². The van der Waals surface area contributed by atoms with Crippen LogP contribution in [0.15, 0.2) is 29.2 Å². The van der Waals surface area contributed by atoms with E-state index in [1.807, 2.05) is 0 Å². The van der Waals surface area contributed by atoms with E-state index in [-0.39, 0.29) is 17.7 Å². The lowest BCUT2D eigenvalue weighted by atomic mass is 10.2. The fraction of sp³-hybridized carbons (Fsp3) is 0.385. The van der Waals surface area contributed by atoms with Gasteiger partial charge in [-0.05, 0) is 24.1 Å². The number of hydrogen-bond acceptors (Lipinski definition) is 6. The Balaban J connectivity index is 2.71. The van der Waals surface area contributed by atoms with Gasteiger partial charge in [0.05, 0.1) is 5.75 Å². The topological polar surface area (TPSA) is 158 Å². The summed E-state index contributed by atoms with van der Waals surface area (Å²) in [5.41, 5.74) is 5.47. The Morgan fingerprint density at radius 3 is 2.26 bits per heavy atom. The molecule has 0 saturated heterocycles. The first-order valence-corrected chi connectivity index (χ1v) is 9.46. The van der Waals surface area contributed by atoms with E-state index in [1.54, 1.807) is 0 Å². The van der Waals surface area contributed by atoms with E-state index in [9.17, 15) is 24.2 Å². The number of hydrogen-bond donors (Lipinski definition) is 5. The number of benzene rings is 1. The van der Waals surface area contributed by atoms with Gasteiger partial charge in [0.15, 0.2) is 5.85 Å². The van der Waals surface area contributed by atoms with Crippen molar-refractivity contribution in [1.29, 1.82) is 0 Å². The zero-order valence-corrected chi connectivity index (χ0v) is 13.7. The van der Waals surface area contributed by atoms with E-state index in [0.717, 1.165) is 11.8 Å². The Hall–Kier alpha value is -1.38. The molecule has 1 rings (SSSR count). The van der Waals surface area contributed by atoms with Gasteiger partial charge in [0.2, 0.25) is 7.37 Å². The predicted molar refractivity (Wildman–Crippen MR) is 84.7 cm³/mol. The number of aliphatic hydroxyl groups is 1. The number of thioether (sulfide) groups is 1. The van der Waals surface area contributed by atoms with Crippen LogP contribution in [0.25, 0.3) is 0 Å². The van der Waals surface area contributed by atoms with Crippen LogP contribution in [0.3, 0.4) is 0 Å². The first-order valence-electron chi connectivity index (χ1n) is 6.56. The van der Waals surface area contributed by atoms with Crippen LogP contribution in [0.1, 0.15) is 17.8 Å².